The first-order valence-corrected chi connectivity index (χ1v) is 9.47. The van der Waals surface area contributed by atoms with Gasteiger partial charge in [-0.15, -0.1) is 39.7 Å². The van der Waals surface area contributed by atoms with Gasteiger partial charge in [-0.25, -0.2) is 12.1 Å². The molecule has 0 aliphatic carbocycles. The van der Waals surface area contributed by atoms with Gasteiger partial charge in [0, 0.05) is 0 Å². The van der Waals surface area contributed by atoms with Crippen LogP contribution < -0.4 is 24.8 Å². The zero-order valence-electron chi connectivity index (χ0n) is 18.2. The Balaban J connectivity index is 0.000000863. The number of halogens is 2. The van der Waals surface area contributed by atoms with E-state index < -0.39 is 0 Å². The Morgan fingerprint density at radius 1 is 0.621 bits per heavy atom. The number of hydrogen-bond acceptors (Lipinski definition) is 0. The summed E-state index contributed by atoms with van der Waals surface area (Å²) in [5, 5.41) is 5.48. The Kier molecular flexibility index (Phi) is 10.6. The molecule has 0 nitrogen and oxygen atoms in total. The fourth-order valence-corrected chi connectivity index (χ4v) is 3.28. The Bertz CT molecular complexity index is 911. The Labute approximate surface area is 207 Å². The van der Waals surface area contributed by atoms with Crippen molar-refractivity contribution in [2.45, 2.75) is 52.4 Å². The third-order valence-corrected chi connectivity index (χ3v) is 4.99. The summed E-state index contributed by atoms with van der Waals surface area (Å²) in [6, 6.07) is 26.2. The molecule has 0 saturated carbocycles. The predicted octanol–water partition coefficient (Wildman–Crippen LogP) is 1.72. The van der Waals surface area contributed by atoms with Crippen molar-refractivity contribution in [1.29, 1.82) is 0 Å². The van der Waals surface area contributed by atoms with Crippen LogP contribution in [0.2, 0.25) is 0 Å². The van der Waals surface area contributed by atoms with E-state index in [2.05, 4.69) is 84.0 Å². The largest absolute Gasteiger partial charge is 4.00 e. The molecule has 3 heteroatoms. The van der Waals surface area contributed by atoms with Crippen molar-refractivity contribution >= 4 is 21.5 Å². The minimum absolute atomic E-state index is 0. The van der Waals surface area contributed by atoms with E-state index in [1.165, 1.54) is 32.7 Å². The Morgan fingerprint density at radius 2 is 1.00 bits per heavy atom. The molecule has 0 saturated heterocycles. The van der Waals surface area contributed by atoms with Gasteiger partial charge >= 0.3 is 25.8 Å². The second-order valence-corrected chi connectivity index (χ2v) is 9.21. The fourth-order valence-electron chi connectivity index (χ4n) is 3.28. The van der Waals surface area contributed by atoms with Gasteiger partial charge in [0.2, 0.25) is 0 Å². The molecular formula is C26H30Cl2Hf. The first kappa shape index (κ1) is 28.1. The molecule has 29 heavy (non-hydrogen) atoms. The van der Waals surface area contributed by atoms with E-state index in [9.17, 15) is 0 Å². The van der Waals surface area contributed by atoms with Crippen LogP contribution in [0.25, 0.3) is 21.5 Å². The molecule has 4 aromatic carbocycles. The monoisotopic (exact) mass is 592 g/mol. The third-order valence-electron chi connectivity index (χ3n) is 4.99. The molecule has 0 heterocycles. The molecule has 0 spiro atoms. The maximum Gasteiger partial charge on any atom is 4.00 e. The fraction of sp³-hybridized carbons (Fsp3) is 0.308. The summed E-state index contributed by atoms with van der Waals surface area (Å²) in [6.45, 7) is 13.6. The SMILES string of the molecule is CC(C)(C)c1ccc2c(c1)[cH-]c1cc(C(C)(C)C)ccc12.[Cl-].[Cl-].[Hf+4].c1cc[cH-]c1. The molecular weight excluding hydrogens is 562 g/mol. The summed E-state index contributed by atoms with van der Waals surface area (Å²) < 4.78 is 0. The maximum absolute atomic E-state index is 2.35. The van der Waals surface area contributed by atoms with Crippen LogP contribution in [0.1, 0.15) is 52.7 Å². The van der Waals surface area contributed by atoms with Gasteiger partial charge in [-0.2, -0.15) is 18.2 Å². The second-order valence-electron chi connectivity index (χ2n) is 9.21. The summed E-state index contributed by atoms with van der Waals surface area (Å²) in [5.41, 5.74) is 3.21. The number of fused-ring (bicyclic) bond motifs is 3. The van der Waals surface area contributed by atoms with Crippen LogP contribution in [0.5, 0.6) is 0 Å². The standard InChI is InChI=1S/C21H25.C5H5.2ClH.Hf/c1-20(2,3)16-7-9-18-14(12-16)11-15-13-17(21(4,5)6)8-10-19(15)18;1-2-4-5-3-1;;;/h7-13H,1-6H3;1-5H;2*1H;/q2*-1;;;+4/p-2. The molecule has 4 aromatic rings. The third kappa shape index (κ3) is 6.81. The predicted molar refractivity (Wildman–Crippen MR) is 116 cm³/mol. The summed E-state index contributed by atoms with van der Waals surface area (Å²) in [4.78, 5) is 0. The van der Waals surface area contributed by atoms with Gasteiger partial charge in [0.25, 0.3) is 0 Å². The second kappa shape index (κ2) is 10.9. The van der Waals surface area contributed by atoms with Gasteiger partial charge in [0.15, 0.2) is 0 Å². The normalized spacial score (nSPS) is 11.0. The molecule has 0 atom stereocenters. The van der Waals surface area contributed by atoms with Gasteiger partial charge in [-0.05, 0) is 10.8 Å². The van der Waals surface area contributed by atoms with Crippen molar-refractivity contribution < 1.29 is 50.7 Å². The van der Waals surface area contributed by atoms with Crippen molar-refractivity contribution in [3.05, 3.63) is 83.9 Å². The molecule has 0 bridgehead atoms. The molecule has 152 valence electrons. The first-order chi connectivity index (χ1) is 12.2. The van der Waals surface area contributed by atoms with Crippen molar-refractivity contribution in [2.24, 2.45) is 0 Å². The Hall–Kier alpha value is -0.890. The summed E-state index contributed by atoms with van der Waals surface area (Å²) in [6.07, 6.45) is 0. The zero-order valence-corrected chi connectivity index (χ0v) is 23.3. The maximum atomic E-state index is 2.35. The first-order valence-electron chi connectivity index (χ1n) is 9.47. The van der Waals surface area contributed by atoms with Gasteiger partial charge in [0.1, 0.15) is 0 Å². The van der Waals surface area contributed by atoms with Crippen LogP contribution in [-0.2, 0) is 36.7 Å². The minimum Gasteiger partial charge on any atom is -1.00 e. The van der Waals surface area contributed by atoms with Crippen LogP contribution in [-0.4, -0.2) is 0 Å². The molecule has 0 aliphatic heterocycles. The van der Waals surface area contributed by atoms with E-state index in [0.717, 1.165) is 0 Å². The van der Waals surface area contributed by atoms with Crippen LogP contribution >= 0.6 is 0 Å². The molecule has 0 fully saturated rings. The van der Waals surface area contributed by atoms with E-state index >= 15 is 0 Å². The van der Waals surface area contributed by atoms with E-state index in [4.69, 9.17) is 0 Å². The van der Waals surface area contributed by atoms with E-state index in [1.807, 2.05) is 30.3 Å². The van der Waals surface area contributed by atoms with Crippen molar-refractivity contribution in [2.75, 3.05) is 0 Å². The average Bonchev–Trinajstić information content (AvgIpc) is 3.23. The van der Waals surface area contributed by atoms with Gasteiger partial charge in [-0.3, -0.25) is 0 Å². The summed E-state index contributed by atoms with van der Waals surface area (Å²) >= 11 is 0. The number of benzene rings is 2. The molecule has 0 N–H and O–H groups in total. The molecule has 4 rings (SSSR count). The topological polar surface area (TPSA) is 0 Å². The number of rotatable bonds is 0. The minimum atomic E-state index is 0. The smallest absolute Gasteiger partial charge is 1.00 e. The molecule has 0 radical (unpaired) electrons. The van der Waals surface area contributed by atoms with E-state index in [-0.39, 0.29) is 61.5 Å². The summed E-state index contributed by atoms with van der Waals surface area (Å²) in [5.74, 6) is 0. The van der Waals surface area contributed by atoms with Gasteiger partial charge in [0.05, 0.1) is 0 Å². The van der Waals surface area contributed by atoms with Crippen LogP contribution in [0, 0.1) is 0 Å². The zero-order chi connectivity index (χ0) is 18.9. The summed E-state index contributed by atoms with van der Waals surface area (Å²) in [7, 11) is 0. The molecule has 0 aliphatic rings. The van der Waals surface area contributed by atoms with E-state index in [1.54, 1.807) is 0 Å². The van der Waals surface area contributed by atoms with Crippen molar-refractivity contribution in [3.63, 3.8) is 0 Å². The van der Waals surface area contributed by atoms with Gasteiger partial charge in [-0.1, -0.05) is 76.9 Å². The van der Waals surface area contributed by atoms with Crippen molar-refractivity contribution in [1.82, 2.24) is 0 Å². The Morgan fingerprint density at radius 3 is 1.28 bits per heavy atom. The quantitative estimate of drug-likeness (QED) is 0.216. The average molecular weight is 592 g/mol. The number of hydrogen-bond donors (Lipinski definition) is 0. The molecule has 0 amide bonds. The molecule has 0 aromatic heterocycles. The van der Waals surface area contributed by atoms with Crippen LogP contribution in [0.15, 0.2) is 72.8 Å². The van der Waals surface area contributed by atoms with Crippen LogP contribution in [0.3, 0.4) is 0 Å². The van der Waals surface area contributed by atoms with Gasteiger partial charge < -0.3 is 24.8 Å². The van der Waals surface area contributed by atoms with Crippen LogP contribution in [0.4, 0.5) is 0 Å². The van der Waals surface area contributed by atoms with E-state index in [0.29, 0.717) is 0 Å². The molecule has 0 unspecified atom stereocenters. The van der Waals surface area contributed by atoms with Crippen molar-refractivity contribution in [3.8, 4) is 0 Å².